The van der Waals surface area contributed by atoms with Gasteiger partial charge in [0.05, 0.1) is 11.1 Å². The minimum Gasteiger partial charge on any atom is -0.507 e. The van der Waals surface area contributed by atoms with Crippen LogP contribution in [0.4, 0.5) is 26.3 Å². The summed E-state index contributed by atoms with van der Waals surface area (Å²) < 4.78 is 76.6. The minimum atomic E-state index is -4.50. The van der Waals surface area contributed by atoms with E-state index in [1.807, 2.05) is 0 Å². The maximum atomic E-state index is 12.8. The second kappa shape index (κ2) is 13.3. The number of likely N-dealkylation sites (tertiary alicyclic amines) is 2. The summed E-state index contributed by atoms with van der Waals surface area (Å²) in [6.07, 6.45) is -4.72. The first-order chi connectivity index (χ1) is 18.4. The Balaban J connectivity index is 0.000000216. The van der Waals surface area contributed by atoms with Gasteiger partial charge in [0.1, 0.15) is 11.5 Å². The van der Waals surface area contributed by atoms with Gasteiger partial charge in [-0.15, -0.1) is 0 Å². The van der Waals surface area contributed by atoms with Crippen LogP contribution in [0.1, 0.15) is 80.0 Å². The molecule has 0 aliphatic carbocycles. The quantitative estimate of drug-likeness (QED) is 0.370. The Morgan fingerprint density at radius 1 is 0.667 bits per heavy atom. The van der Waals surface area contributed by atoms with E-state index in [2.05, 4.69) is 23.6 Å². The number of phenolic OH excluding ortho intramolecular Hbond substituents is 2. The molecule has 0 radical (unpaired) electrons. The number of alkyl halides is 6. The van der Waals surface area contributed by atoms with Crippen LogP contribution in [-0.2, 0) is 12.4 Å². The summed E-state index contributed by atoms with van der Waals surface area (Å²) >= 11 is 0. The van der Waals surface area contributed by atoms with E-state index in [-0.39, 0.29) is 11.8 Å². The van der Waals surface area contributed by atoms with Crippen molar-refractivity contribution in [1.29, 1.82) is 0 Å². The van der Waals surface area contributed by atoms with Crippen molar-refractivity contribution in [2.75, 3.05) is 39.3 Å². The van der Waals surface area contributed by atoms with Gasteiger partial charge in [0.25, 0.3) is 0 Å². The van der Waals surface area contributed by atoms with Gasteiger partial charge in [-0.05, 0) is 106 Å². The van der Waals surface area contributed by atoms with Crippen molar-refractivity contribution in [2.45, 2.75) is 70.1 Å². The first-order valence-corrected chi connectivity index (χ1v) is 13.6. The van der Waals surface area contributed by atoms with Crippen LogP contribution in [0.25, 0.3) is 0 Å². The van der Waals surface area contributed by atoms with E-state index < -0.39 is 35.0 Å². The van der Waals surface area contributed by atoms with Gasteiger partial charge in [0.15, 0.2) is 0 Å². The van der Waals surface area contributed by atoms with Crippen molar-refractivity contribution < 1.29 is 36.6 Å². The second-order valence-electron chi connectivity index (χ2n) is 10.3. The predicted octanol–water partition coefficient (Wildman–Crippen LogP) is 7.61. The molecule has 0 bridgehead atoms. The van der Waals surface area contributed by atoms with Crippen molar-refractivity contribution >= 4 is 0 Å². The molecule has 218 valence electrons. The molecule has 39 heavy (non-hydrogen) atoms. The van der Waals surface area contributed by atoms with Crippen LogP contribution in [0.3, 0.4) is 0 Å². The van der Waals surface area contributed by atoms with Gasteiger partial charge in [-0.25, -0.2) is 0 Å². The van der Waals surface area contributed by atoms with E-state index in [9.17, 15) is 36.6 Å². The van der Waals surface area contributed by atoms with Crippen molar-refractivity contribution in [3.63, 3.8) is 0 Å². The largest absolute Gasteiger partial charge is 0.507 e. The molecule has 2 N–H and O–H groups in total. The lowest BCUT2D eigenvalue weighted by Gasteiger charge is -2.32. The van der Waals surface area contributed by atoms with Crippen LogP contribution in [-0.4, -0.2) is 59.3 Å². The van der Waals surface area contributed by atoms with E-state index >= 15 is 0 Å². The van der Waals surface area contributed by atoms with Gasteiger partial charge in [-0.1, -0.05) is 38.1 Å². The molecule has 0 unspecified atom stereocenters. The van der Waals surface area contributed by atoms with Crippen LogP contribution in [0.2, 0.25) is 0 Å². The fraction of sp³-hybridized carbons (Fsp3) is 0.586. The summed E-state index contributed by atoms with van der Waals surface area (Å²) in [6.45, 7) is 9.69. The lowest BCUT2D eigenvalue weighted by molar-refractivity contribution is -0.139. The third kappa shape index (κ3) is 8.03. The highest BCUT2D eigenvalue weighted by Gasteiger charge is 2.37. The van der Waals surface area contributed by atoms with E-state index in [0.29, 0.717) is 11.1 Å². The van der Waals surface area contributed by atoms with E-state index in [1.54, 1.807) is 12.1 Å². The Bertz CT molecular complexity index is 1060. The van der Waals surface area contributed by atoms with Gasteiger partial charge < -0.3 is 20.0 Å². The Hall–Kier alpha value is -2.46. The Morgan fingerprint density at radius 3 is 1.38 bits per heavy atom. The second-order valence-corrected chi connectivity index (χ2v) is 10.3. The average molecular weight is 561 g/mol. The van der Waals surface area contributed by atoms with Crippen molar-refractivity contribution in [3.8, 4) is 11.5 Å². The predicted molar refractivity (Wildman–Crippen MR) is 139 cm³/mol. The fourth-order valence-corrected chi connectivity index (χ4v) is 5.58. The summed E-state index contributed by atoms with van der Waals surface area (Å²) in [5, 5.41) is 19.8. The SMILES string of the molecule is CCCN1CCC(c2cccc(C(F)(F)F)c2O)CC1.CCN1CCC(c2cccc(C(F)(F)F)c2O)CC1. The molecule has 0 aromatic heterocycles. The number of benzene rings is 2. The average Bonchev–Trinajstić information content (AvgIpc) is 2.89. The summed E-state index contributed by atoms with van der Waals surface area (Å²) in [7, 11) is 0. The first-order valence-electron chi connectivity index (χ1n) is 13.6. The Morgan fingerprint density at radius 2 is 1.05 bits per heavy atom. The number of rotatable bonds is 5. The molecule has 2 aromatic carbocycles. The maximum Gasteiger partial charge on any atom is 0.419 e. The number of hydrogen-bond acceptors (Lipinski definition) is 4. The molecule has 0 amide bonds. The molecule has 0 spiro atoms. The van der Waals surface area contributed by atoms with E-state index in [4.69, 9.17) is 0 Å². The van der Waals surface area contributed by atoms with Gasteiger partial charge in [-0.2, -0.15) is 26.3 Å². The molecule has 2 aliphatic heterocycles. The standard InChI is InChI=1S/C15H20F3NO.C14H18F3NO/c1-2-8-19-9-6-11(7-10-19)12-4-3-5-13(14(12)20)15(16,17)18;1-2-18-8-6-10(7-9-18)11-4-3-5-12(13(11)19)14(15,16)17/h3-5,11,20H,2,6-10H2,1H3;3-5,10,19H,2,6-9H2,1H3. The molecule has 2 fully saturated rings. The van der Waals surface area contributed by atoms with Gasteiger partial charge in [0, 0.05) is 0 Å². The summed E-state index contributed by atoms with van der Waals surface area (Å²) in [4.78, 5) is 4.59. The fourth-order valence-electron chi connectivity index (χ4n) is 5.58. The van der Waals surface area contributed by atoms with E-state index in [1.165, 1.54) is 12.1 Å². The molecule has 4 rings (SSSR count). The Labute approximate surface area is 226 Å². The number of aromatic hydroxyl groups is 2. The zero-order valence-corrected chi connectivity index (χ0v) is 22.5. The zero-order chi connectivity index (χ0) is 28.8. The molecule has 2 heterocycles. The molecule has 2 aromatic rings. The van der Waals surface area contributed by atoms with Crippen molar-refractivity contribution in [3.05, 3.63) is 58.7 Å². The summed E-state index contributed by atoms with van der Waals surface area (Å²) in [5.74, 6) is -1.14. The maximum absolute atomic E-state index is 12.8. The number of para-hydroxylation sites is 2. The molecule has 10 heteroatoms. The lowest BCUT2D eigenvalue weighted by Crippen LogP contribution is -2.33. The van der Waals surface area contributed by atoms with Crippen LogP contribution < -0.4 is 0 Å². The smallest absolute Gasteiger partial charge is 0.419 e. The first kappa shape index (κ1) is 31.1. The van der Waals surface area contributed by atoms with Crippen LogP contribution in [0.5, 0.6) is 11.5 Å². The topological polar surface area (TPSA) is 46.9 Å². The van der Waals surface area contributed by atoms with Gasteiger partial charge in [0.2, 0.25) is 0 Å². The molecule has 2 aliphatic rings. The third-order valence-corrected chi connectivity index (χ3v) is 7.79. The van der Waals surface area contributed by atoms with Gasteiger partial charge in [-0.3, -0.25) is 0 Å². The summed E-state index contributed by atoms with van der Waals surface area (Å²) in [5.41, 5.74) is -0.976. The Kier molecular flexibility index (Phi) is 10.6. The highest BCUT2D eigenvalue weighted by atomic mass is 19.4. The monoisotopic (exact) mass is 560 g/mol. The zero-order valence-electron chi connectivity index (χ0n) is 22.5. The molecule has 0 saturated carbocycles. The van der Waals surface area contributed by atoms with Crippen LogP contribution in [0.15, 0.2) is 36.4 Å². The molecule has 2 saturated heterocycles. The van der Waals surface area contributed by atoms with Crippen LogP contribution in [0, 0.1) is 0 Å². The lowest BCUT2D eigenvalue weighted by atomic mass is 9.87. The molecule has 0 atom stereocenters. The highest BCUT2D eigenvalue weighted by molar-refractivity contribution is 5.45. The van der Waals surface area contributed by atoms with Crippen molar-refractivity contribution in [2.24, 2.45) is 0 Å². The number of nitrogens with zero attached hydrogens (tertiary/aromatic N) is 2. The number of piperidine rings is 2. The van der Waals surface area contributed by atoms with Crippen LogP contribution >= 0.6 is 0 Å². The number of halogens is 6. The number of hydrogen-bond donors (Lipinski definition) is 2. The van der Waals surface area contributed by atoms with Crippen molar-refractivity contribution in [1.82, 2.24) is 9.80 Å². The number of phenols is 2. The van der Waals surface area contributed by atoms with Gasteiger partial charge >= 0.3 is 12.4 Å². The normalized spacial score (nSPS) is 18.6. The highest BCUT2D eigenvalue weighted by Crippen LogP contribution is 2.43. The molecular formula is C29H38F6N2O2. The molecular weight excluding hydrogens is 522 g/mol. The minimum absolute atomic E-state index is 0.0186. The third-order valence-electron chi connectivity index (χ3n) is 7.79. The summed E-state index contributed by atoms with van der Waals surface area (Å²) in [6, 6.07) is 7.85. The van der Waals surface area contributed by atoms with E-state index in [0.717, 1.165) is 83.5 Å². The molecule has 4 nitrogen and oxygen atoms in total.